The van der Waals surface area contributed by atoms with Gasteiger partial charge < -0.3 is 0 Å². The Morgan fingerprint density at radius 1 is 0.542 bits per heavy atom. The summed E-state index contributed by atoms with van der Waals surface area (Å²) in [6.07, 6.45) is 0. The Bertz CT molecular complexity index is 974. The monoisotopic (exact) mass is 488 g/mol. The molecule has 1 aliphatic rings. The summed E-state index contributed by atoms with van der Waals surface area (Å²) in [5.74, 6) is 0. The number of hydrogen-bond donors (Lipinski definition) is 0. The quantitative estimate of drug-likeness (QED) is 0.628. The van der Waals surface area contributed by atoms with Crippen LogP contribution in [-0.4, -0.2) is 16.8 Å². The molecule has 0 aliphatic carbocycles. The Kier molecular flexibility index (Phi) is 4.59. The first-order valence-electron chi connectivity index (χ1n) is 6.64. The number of hydrogen-bond acceptors (Lipinski definition) is 4. The highest BCUT2D eigenvalue weighted by molar-refractivity contribution is 9.10. The molecule has 1 aliphatic heterocycles. The van der Waals surface area contributed by atoms with Crippen LogP contribution in [0.15, 0.2) is 68.3 Å². The molecule has 2 aromatic rings. The van der Waals surface area contributed by atoms with Gasteiger partial charge in [-0.1, -0.05) is 56.1 Å². The first-order valence-corrected chi connectivity index (χ1v) is 11.3. The lowest BCUT2D eigenvalue weighted by Gasteiger charge is -2.15. The third-order valence-corrected chi connectivity index (χ3v) is 7.78. The van der Waals surface area contributed by atoms with Crippen LogP contribution in [0.4, 0.5) is 0 Å². The van der Waals surface area contributed by atoms with Crippen molar-refractivity contribution in [1.82, 2.24) is 0 Å². The van der Waals surface area contributed by atoms with Gasteiger partial charge in [-0.05, 0) is 35.4 Å². The van der Waals surface area contributed by atoms with E-state index in [9.17, 15) is 16.8 Å². The highest BCUT2D eigenvalue weighted by Crippen LogP contribution is 2.36. The van der Waals surface area contributed by atoms with Crippen LogP contribution in [0.2, 0.25) is 0 Å². The molecular formula is C16H10Br2O4S2. The van der Waals surface area contributed by atoms with Gasteiger partial charge in [0, 0.05) is 8.95 Å². The first kappa shape index (κ1) is 17.6. The van der Waals surface area contributed by atoms with Crippen LogP contribution in [0.1, 0.15) is 11.1 Å². The topological polar surface area (TPSA) is 68.3 Å². The summed E-state index contributed by atoms with van der Waals surface area (Å²) in [5.41, 5.74) is 0.653. The van der Waals surface area contributed by atoms with Gasteiger partial charge in [-0.3, -0.25) is 0 Å². The molecule has 3 rings (SSSR count). The molecule has 4 nitrogen and oxygen atoms in total. The van der Waals surface area contributed by atoms with Gasteiger partial charge in [0.2, 0.25) is 19.7 Å². The van der Waals surface area contributed by atoms with E-state index in [-0.39, 0.29) is 9.81 Å². The lowest BCUT2D eigenvalue weighted by molar-refractivity contribution is 0.608. The second kappa shape index (κ2) is 6.25. The minimum Gasteiger partial charge on any atom is -0.219 e. The van der Waals surface area contributed by atoms with Crippen LogP contribution in [0.5, 0.6) is 0 Å². The molecule has 0 amide bonds. The van der Waals surface area contributed by atoms with E-state index in [1.165, 1.54) is 0 Å². The van der Waals surface area contributed by atoms with Crippen LogP contribution in [0, 0.1) is 0 Å². The third kappa shape index (κ3) is 3.42. The summed E-state index contributed by atoms with van der Waals surface area (Å²) in [6, 6.07) is 12.9. The van der Waals surface area contributed by atoms with Crippen molar-refractivity contribution in [3.8, 4) is 0 Å². The van der Waals surface area contributed by atoms with Gasteiger partial charge >= 0.3 is 0 Å². The fourth-order valence-corrected chi connectivity index (χ4v) is 6.62. The van der Waals surface area contributed by atoms with Crippen molar-refractivity contribution < 1.29 is 16.8 Å². The maximum atomic E-state index is 12.6. The van der Waals surface area contributed by atoms with Crippen molar-refractivity contribution in [2.45, 2.75) is 0 Å². The molecule has 24 heavy (non-hydrogen) atoms. The van der Waals surface area contributed by atoms with Crippen LogP contribution < -0.4 is 0 Å². The molecule has 0 radical (unpaired) electrons. The highest BCUT2D eigenvalue weighted by atomic mass is 79.9. The molecule has 124 valence electrons. The Morgan fingerprint density at radius 3 is 1.12 bits per heavy atom. The fraction of sp³-hybridized carbons (Fsp3) is 0. The van der Waals surface area contributed by atoms with Gasteiger partial charge in [-0.15, -0.1) is 0 Å². The predicted octanol–water partition coefficient (Wildman–Crippen LogP) is 4.35. The summed E-state index contributed by atoms with van der Waals surface area (Å²) < 4.78 is 51.8. The summed E-state index contributed by atoms with van der Waals surface area (Å²) in [7, 11) is -7.75. The van der Waals surface area contributed by atoms with E-state index in [2.05, 4.69) is 31.9 Å². The normalized spacial score (nSPS) is 18.6. The van der Waals surface area contributed by atoms with Gasteiger partial charge in [0.1, 0.15) is 0 Å². The third-order valence-electron chi connectivity index (χ3n) is 3.39. The largest absolute Gasteiger partial charge is 0.219 e. The van der Waals surface area contributed by atoms with E-state index in [1.807, 2.05) is 0 Å². The number of halogens is 2. The minimum atomic E-state index is -3.88. The number of benzene rings is 2. The smallest absolute Gasteiger partial charge is 0.202 e. The van der Waals surface area contributed by atoms with Crippen LogP contribution in [0.3, 0.4) is 0 Å². The number of sulfone groups is 2. The molecule has 0 unspecified atom stereocenters. The SMILES string of the molecule is O=S1(=O)C=C(c2ccc(Br)cc2)S(=O)(=O)C=C1c1ccc(Br)cc1. The maximum Gasteiger partial charge on any atom is 0.202 e. The molecule has 0 fully saturated rings. The Morgan fingerprint density at radius 2 is 0.833 bits per heavy atom. The fourth-order valence-electron chi connectivity index (χ4n) is 2.24. The molecule has 0 N–H and O–H groups in total. The Hall–Kier alpha value is -1.22. The van der Waals surface area contributed by atoms with E-state index in [0.717, 1.165) is 19.8 Å². The molecule has 0 bridgehead atoms. The zero-order valence-corrected chi connectivity index (χ0v) is 16.8. The molecule has 0 saturated carbocycles. The molecular weight excluding hydrogens is 480 g/mol. The summed E-state index contributed by atoms with van der Waals surface area (Å²) in [4.78, 5) is -0.452. The lowest BCUT2D eigenvalue weighted by Crippen LogP contribution is -2.12. The molecule has 1 heterocycles. The van der Waals surface area contributed by atoms with Gasteiger partial charge in [-0.25, -0.2) is 16.8 Å². The van der Waals surface area contributed by atoms with Crippen molar-refractivity contribution in [1.29, 1.82) is 0 Å². The van der Waals surface area contributed by atoms with E-state index >= 15 is 0 Å². The van der Waals surface area contributed by atoms with Crippen molar-refractivity contribution in [3.05, 3.63) is 79.4 Å². The zero-order chi connectivity index (χ0) is 17.5. The summed E-state index contributed by atoms with van der Waals surface area (Å²) in [6.45, 7) is 0. The molecule has 0 aromatic heterocycles. The van der Waals surface area contributed by atoms with Gasteiger partial charge in [0.15, 0.2) is 0 Å². The highest BCUT2D eigenvalue weighted by Gasteiger charge is 2.31. The van der Waals surface area contributed by atoms with Crippen molar-refractivity contribution in [3.63, 3.8) is 0 Å². The Labute approximate surface area is 157 Å². The summed E-state index contributed by atoms with van der Waals surface area (Å²) >= 11 is 6.53. The molecule has 8 heteroatoms. The first-order chi connectivity index (χ1) is 11.2. The second-order valence-corrected chi connectivity index (χ2v) is 10.4. The van der Waals surface area contributed by atoms with E-state index < -0.39 is 19.7 Å². The van der Waals surface area contributed by atoms with Crippen LogP contribution in [-0.2, 0) is 19.7 Å². The van der Waals surface area contributed by atoms with Crippen LogP contribution >= 0.6 is 31.9 Å². The van der Waals surface area contributed by atoms with Crippen molar-refractivity contribution >= 4 is 61.3 Å². The van der Waals surface area contributed by atoms with E-state index in [0.29, 0.717) is 11.1 Å². The average molecular weight is 490 g/mol. The second-order valence-electron chi connectivity index (χ2n) is 5.07. The van der Waals surface area contributed by atoms with Gasteiger partial charge in [-0.2, -0.15) is 0 Å². The van der Waals surface area contributed by atoms with E-state index in [1.54, 1.807) is 48.5 Å². The van der Waals surface area contributed by atoms with E-state index in [4.69, 9.17) is 0 Å². The predicted molar refractivity (Wildman–Crippen MR) is 102 cm³/mol. The minimum absolute atomic E-state index is 0.226. The van der Waals surface area contributed by atoms with Gasteiger partial charge in [0.05, 0.1) is 20.6 Å². The van der Waals surface area contributed by atoms with Crippen molar-refractivity contribution in [2.24, 2.45) is 0 Å². The maximum absolute atomic E-state index is 12.6. The molecule has 0 atom stereocenters. The van der Waals surface area contributed by atoms with Crippen molar-refractivity contribution in [2.75, 3.05) is 0 Å². The summed E-state index contributed by atoms with van der Waals surface area (Å²) in [5, 5.41) is 1.64. The Balaban J connectivity index is 2.16. The molecule has 0 saturated heterocycles. The standard InChI is InChI=1S/C16H10Br2O4S2/c17-13-5-1-11(2-6-13)15-9-24(21,22)16(10-23(15,19)20)12-3-7-14(18)8-4-12/h1-10H. The molecule has 2 aromatic carbocycles. The average Bonchev–Trinajstić information content (AvgIpc) is 2.51. The van der Waals surface area contributed by atoms with Gasteiger partial charge in [0.25, 0.3) is 0 Å². The van der Waals surface area contributed by atoms with Crippen LogP contribution in [0.25, 0.3) is 9.81 Å². The lowest BCUT2D eigenvalue weighted by atomic mass is 10.2. The molecule has 0 spiro atoms. The number of rotatable bonds is 2. The zero-order valence-electron chi connectivity index (χ0n) is 12.0.